The highest BCUT2D eigenvalue weighted by Gasteiger charge is 2.07. The number of thiazole rings is 1. The van der Waals surface area contributed by atoms with Crippen molar-refractivity contribution >= 4 is 45.3 Å². The van der Waals surface area contributed by atoms with Crippen LogP contribution in [0.4, 0.5) is 16.2 Å². The quantitative estimate of drug-likeness (QED) is 0.511. The monoisotopic (exact) mass is 368 g/mol. The largest absolute Gasteiger partial charge is 0.323 e. The van der Waals surface area contributed by atoms with Crippen molar-refractivity contribution in [3.8, 4) is 11.3 Å². The Morgan fingerprint density at radius 2 is 1.88 bits per heavy atom. The lowest BCUT2D eigenvalue weighted by Crippen LogP contribution is -2.19. The van der Waals surface area contributed by atoms with Crippen LogP contribution in [0.25, 0.3) is 16.2 Å². The number of hydrogen-bond donors (Lipinski definition) is 2. The summed E-state index contributed by atoms with van der Waals surface area (Å²) in [4.78, 5) is 17.6. The first kappa shape index (κ1) is 15.7. The summed E-state index contributed by atoms with van der Waals surface area (Å²) in [7, 11) is 0. The molecule has 0 radical (unpaired) electrons. The predicted octanol–water partition coefficient (Wildman–Crippen LogP) is 5.36. The van der Waals surface area contributed by atoms with Crippen molar-refractivity contribution in [1.29, 1.82) is 0 Å². The molecule has 0 saturated heterocycles. The Hall–Kier alpha value is -2.83. The first-order valence-electron chi connectivity index (χ1n) is 7.54. The maximum absolute atomic E-state index is 12.1. The molecular weight excluding hydrogens is 356 g/mol. The van der Waals surface area contributed by atoms with Crippen molar-refractivity contribution in [3.05, 3.63) is 71.3 Å². The molecule has 4 aromatic rings. The normalized spacial score (nSPS) is 10.8. The van der Waals surface area contributed by atoms with E-state index in [4.69, 9.17) is 11.6 Å². The molecule has 0 bridgehead atoms. The third kappa shape index (κ3) is 3.35. The summed E-state index contributed by atoms with van der Waals surface area (Å²) < 4.78 is 1.99. The Labute approximate surface area is 152 Å². The minimum atomic E-state index is -0.344. The third-order valence-electron chi connectivity index (χ3n) is 3.65. The van der Waals surface area contributed by atoms with Gasteiger partial charge in [-0.1, -0.05) is 35.9 Å². The van der Waals surface area contributed by atoms with E-state index in [1.54, 1.807) is 23.5 Å². The number of anilines is 2. The number of imidazole rings is 1. The maximum atomic E-state index is 12.1. The van der Waals surface area contributed by atoms with Gasteiger partial charge in [-0.25, -0.2) is 9.78 Å². The van der Waals surface area contributed by atoms with Crippen molar-refractivity contribution in [2.24, 2.45) is 0 Å². The van der Waals surface area contributed by atoms with Gasteiger partial charge in [0.05, 0.1) is 16.4 Å². The molecule has 2 heterocycles. The number of benzene rings is 2. The van der Waals surface area contributed by atoms with Crippen LogP contribution in [-0.4, -0.2) is 15.4 Å². The van der Waals surface area contributed by atoms with E-state index in [9.17, 15) is 4.79 Å². The predicted molar refractivity (Wildman–Crippen MR) is 103 cm³/mol. The van der Waals surface area contributed by atoms with E-state index in [1.807, 2.05) is 58.6 Å². The average molecular weight is 369 g/mol. The van der Waals surface area contributed by atoms with Crippen molar-refractivity contribution in [3.63, 3.8) is 0 Å². The number of para-hydroxylation sites is 1. The summed E-state index contributed by atoms with van der Waals surface area (Å²) in [6.07, 6.45) is 3.96. The molecule has 2 aromatic heterocycles. The van der Waals surface area contributed by atoms with Crippen molar-refractivity contribution in [1.82, 2.24) is 9.38 Å². The summed E-state index contributed by atoms with van der Waals surface area (Å²) in [6, 6.07) is 14.3. The van der Waals surface area contributed by atoms with Crippen molar-refractivity contribution in [2.75, 3.05) is 10.6 Å². The van der Waals surface area contributed by atoms with Gasteiger partial charge in [0.15, 0.2) is 4.96 Å². The van der Waals surface area contributed by atoms with Gasteiger partial charge < -0.3 is 10.6 Å². The average Bonchev–Trinajstić information content (AvgIpc) is 3.19. The van der Waals surface area contributed by atoms with E-state index in [2.05, 4.69) is 15.6 Å². The van der Waals surface area contributed by atoms with E-state index in [-0.39, 0.29) is 6.03 Å². The van der Waals surface area contributed by atoms with E-state index in [0.29, 0.717) is 16.4 Å². The highest BCUT2D eigenvalue weighted by atomic mass is 35.5. The second kappa shape index (κ2) is 6.58. The first-order valence-corrected chi connectivity index (χ1v) is 8.80. The van der Waals surface area contributed by atoms with Gasteiger partial charge >= 0.3 is 6.03 Å². The fraction of sp³-hybridized carbons (Fsp3) is 0. The molecule has 124 valence electrons. The van der Waals surface area contributed by atoms with Crippen LogP contribution in [-0.2, 0) is 0 Å². The zero-order valence-corrected chi connectivity index (χ0v) is 14.5. The topological polar surface area (TPSA) is 58.4 Å². The number of nitrogens with zero attached hydrogens (tertiary/aromatic N) is 2. The number of hydrogen-bond acceptors (Lipinski definition) is 3. The number of carbonyl (C=O) groups is 1. The fourth-order valence-electron chi connectivity index (χ4n) is 2.44. The smallest absolute Gasteiger partial charge is 0.308 e. The minimum absolute atomic E-state index is 0.344. The number of carbonyl (C=O) groups excluding carboxylic acids is 1. The second-order valence-electron chi connectivity index (χ2n) is 5.36. The summed E-state index contributed by atoms with van der Waals surface area (Å²) in [5, 5.41) is 8.00. The molecule has 25 heavy (non-hydrogen) atoms. The van der Waals surface area contributed by atoms with Crippen molar-refractivity contribution < 1.29 is 4.79 Å². The van der Waals surface area contributed by atoms with E-state index in [0.717, 1.165) is 16.2 Å². The fourth-order valence-corrected chi connectivity index (χ4v) is 3.32. The van der Waals surface area contributed by atoms with Gasteiger partial charge in [0.2, 0.25) is 0 Å². The lowest BCUT2D eigenvalue weighted by molar-refractivity contribution is 0.262. The molecule has 0 spiro atoms. The van der Waals surface area contributed by atoms with Crippen LogP contribution in [0.5, 0.6) is 0 Å². The Balaban J connectivity index is 1.46. The SMILES string of the molecule is O=C(Nc1ccc(-c2cn3ccsc3n2)cc1)Nc1ccccc1Cl. The van der Waals surface area contributed by atoms with Crippen LogP contribution in [0, 0.1) is 0 Å². The number of aromatic nitrogens is 2. The highest BCUT2D eigenvalue weighted by Crippen LogP contribution is 2.24. The van der Waals surface area contributed by atoms with Gasteiger partial charge in [-0.2, -0.15) is 0 Å². The molecule has 2 aromatic carbocycles. The Morgan fingerprint density at radius 3 is 2.64 bits per heavy atom. The van der Waals surface area contributed by atoms with Crippen LogP contribution in [0.3, 0.4) is 0 Å². The molecule has 0 saturated carbocycles. The van der Waals surface area contributed by atoms with Gasteiger partial charge in [-0.15, -0.1) is 11.3 Å². The van der Waals surface area contributed by atoms with Gasteiger partial charge in [0.1, 0.15) is 0 Å². The molecule has 0 fully saturated rings. The number of nitrogens with one attached hydrogen (secondary N) is 2. The molecule has 0 atom stereocenters. The van der Waals surface area contributed by atoms with Crippen LogP contribution in [0.2, 0.25) is 5.02 Å². The van der Waals surface area contributed by atoms with E-state index >= 15 is 0 Å². The summed E-state index contributed by atoms with van der Waals surface area (Å²) in [6.45, 7) is 0. The maximum Gasteiger partial charge on any atom is 0.323 e. The second-order valence-corrected chi connectivity index (χ2v) is 6.64. The summed E-state index contributed by atoms with van der Waals surface area (Å²) in [5.41, 5.74) is 3.15. The Morgan fingerprint density at radius 1 is 1.08 bits per heavy atom. The van der Waals surface area contributed by atoms with Crippen molar-refractivity contribution in [2.45, 2.75) is 0 Å². The van der Waals surface area contributed by atoms with Crippen LogP contribution in [0.1, 0.15) is 0 Å². The number of rotatable bonds is 3. The standard InChI is InChI=1S/C18H13ClN4OS/c19-14-3-1-2-4-15(14)21-17(24)20-13-7-5-12(6-8-13)16-11-23-9-10-25-18(23)22-16/h1-11H,(H2,20,21,24). The third-order valence-corrected chi connectivity index (χ3v) is 4.75. The van der Waals surface area contributed by atoms with Crippen LogP contribution in [0.15, 0.2) is 66.3 Å². The van der Waals surface area contributed by atoms with Gasteiger partial charge in [-0.3, -0.25) is 4.40 Å². The molecule has 0 aliphatic heterocycles. The van der Waals surface area contributed by atoms with Gasteiger partial charge in [0, 0.05) is 29.0 Å². The van der Waals surface area contributed by atoms with Gasteiger partial charge in [-0.05, 0) is 24.3 Å². The molecule has 2 amide bonds. The zero-order chi connectivity index (χ0) is 17.2. The molecule has 7 heteroatoms. The number of urea groups is 1. The number of halogens is 1. The lowest BCUT2D eigenvalue weighted by atomic mass is 10.1. The Kier molecular flexibility index (Phi) is 4.13. The molecule has 0 aliphatic rings. The molecule has 4 rings (SSSR count). The minimum Gasteiger partial charge on any atom is -0.308 e. The van der Waals surface area contributed by atoms with E-state index < -0.39 is 0 Å². The number of fused-ring (bicyclic) bond motifs is 1. The molecule has 0 aliphatic carbocycles. The highest BCUT2D eigenvalue weighted by molar-refractivity contribution is 7.15. The molecular formula is C18H13ClN4OS. The molecule has 5 nitrogen and oxygen atoms in total. The Bertz CT molecular complexity index is 1010. The summed E-state index contributed by atoms with van der Waals surface area (Å²) in [5.74, 6) is 0. The number of amides is 2. The zero-order valence-electron chi connectivity index (χ0n) is 12.9. The van der Waals surface area contributed by atoms with Crippen LogP contribution < -0.4 is 10.6 Å². The molecule has 2 N–H and O–H groups in total. The first-order chi connectivity index (χ1) is 12.2. The lowest BCUT2D eigenvalue weighted by Gasteiger charge is -2.09. The van der Waals surface area contributed by atoms with E-state index in [1.165, 1.54) is 0 Å². The molecule has 0 unspecified atom stereocenters. The van der Waals surface area contributed by atoms with Gasteiger partial charge in [0.25, 0.3) is 0 Å². The summed E-state index contributed by atoms with van der Waals surface area (Å²) >= 11 is 7.63. The van der Waals surface area contributed by atoms with Crippen LogP contribution >= 0.6 is 22.9 Å².